The van der Waals surface area contributed by atoms with Crippen molar-refractivity contribution < 1.29 is 9.53 Å². The fourth-order valence-corrected chi connectivity index (χ4v) is 2.18. The first-order valence-electron chi connectivity index (χ1n) is 6.84. The Morgan fingerprint density at radius 3 is 2.76 bits per heavy atom. The van der Waals surface area contributed by atoms with Crippen molar-refractivity contribution in [2.45, 2.75) is 39.5 Å². The number of nitrogens with zero attached hydrogens (tertiary/aromatic N) is 6. The molecule has 2 aromatic rings. The molecule has 0 radical (unpaired) electrons. The maximum absolute atomic E-state index is 12.1. The third-order valence-electron chi connectivity index (χ3n) is 3.09. The number of hydrogen-bond acceptors (Lipinski definition) is 5. The van der Waals surface area contributed by atoms with Crippen LogP contribution in [-0.4, -0.2) is 47.7 Å². The summed E-state index contributed by atoms with van der Waals surface area (Å²) >= 11 is 0. The number of amides is 1. The van der Waals surface area contributed by atoms with Gasteiger partial charge in [-0.2, -0.15) is 5.10 Å². The normalized spacial score (nSPS) is 14.9. The van der Waals surface area contributed by atoms with Gasteiger partial charge in [0.2, 0.25) is 0 Å². The minimum atomic E-state index is -0.498. The van der Waals surface area contributed by atoms with Crippen molar-refractivity contribution in [3.8, 4) is 5.95 Å². The van der Waals surface area contributed by atoms with Crippen LogP contribution in [0.5, 0.6) is 0 Å². The molecule has 0 saturated heterocycles. The van der Waals surface area contributed by atoms with Crippen LogP contribution in [0, 0.1) is 0 Å². The van der Waals surface area contributed by atoms with Crippen molar-refractivity contribution in [2.75, 3.05) is 6.54 Å². The van der Waals surface area contributed by atoms with Gasteiger partial charge in [0.15, 0.2) is 5.82 Å². The molecular weight excluding hydrogens is 272 g/mol. The van der Waals surface area contributed by atoms with Crippen molar-refractivity contribution in [3.05, 3.63) is 24.3 Å². The third kappa shape index (κ3) is 2.74. The summed E-state index contributed by atoms with van der Waals surface area (Å²) in [4.78, 5) is 13.7. The maximum atomic E-state index is 12.1. The molecule has 21 heavy (non-hydrogen) atoms. The van der Waals surface area contributed by atoms with Crippen LogP contribution in [0.1, 0.15) is 26.6 Å². The van der Waals surface area contributed by atoms with E-state index in [-0.39, 0.29) is 6.09 Å². The van der Waals surface area contributed by atoms with Crippen LogP contribution in [0.3, 0.4) is 0 Å². The predicted octanol–water partition coefficient (Wildman–Crippen LogP) is 1.21. The first kappa shape index (κ1) is 13.6. The van der Waals surface area contributed by atoms with Crippen LogP contribution in [0.15, 0.2) is 18.5 Å². The van der Waals surface area contributed by atoms with Crippen LogP contribution in [0.4, 0.5) is 4.79 Å². The van der Waals surface area contributed by atoms with E-state index in [1.807, 2.05) is 37.6 Å². The Balaban J connectivity index is 1.77. The van der Waals surface area contributed by atoms with E-state index >= 15 is 0 Å². The molecule has 3 rings (SSSR count). The van der Waals surface area contributed by atoms with Gasteiger partial charge in [0, 0.05) is 25.5 Å². The fourth-order valence-electron chi connectivity index (χ4n) is 2.18. The summed E-state index contributed by atoms with van der Waals surface area (Å²) in [6, 6.07) is 1.83. The number of carbonyl (C=O) groups excluding carboxylic acids is 1. The van der Waals surface area contributed by atoms with Crippen LogP contribution in [0.25, 0.3) is 5.95 Å². The first-order valence-corrected chi connectivity index (χ1v) is 6.84. The van der Waals surface area contributed by atoms with Gasteiger partial charge in [-0.15, -0.1) is 10.2 Å². The first-order chi connectivity index (χ1) is 9.94. The molecule has 0 unspecified atom stereocenters. The van der Waals surface area contributed by atoms with Gasteiger partial charge in [-0.3, -0.25) is 9.47 Å². The average Bonchev–Trinajstić information content (AvgIpc) is 3.04. The third-order valence-corrected chi connectivity index (χ3v) is 3.09. The zero-order valence-electron chi connectivity index (χ0n) is 12.4. The highest BCUT2D eigenvalue weighted by molar-refractivity contribution is 5.68. The van der Waals surface area contributed by atoms with Gasteiger partial charge in [0.1, 0.15) is 5.60 Å². The van der Waals surface area contributed by atoms with Gasteiger partial charge in [0.05, 0.1) is 6.54 Å². The number of rotatable bonds is 1. The minimum Gasteiger partial charge on any atom is -0.444 e. The molecule has 0 fully saturated rings. The Labute approximate surface area is 122 Å². The van der Waals surface area contributed by atoms with Gasteiger partial charge in [-0.05, 0) is 26.8 Å². The second kappa shape index (κ2) is 4.87. The van der Waals surface area contributed by atoms with E-state index in [4.69, 9.17) is 4.74 Å². The molecule has 3 heterocycles. The van der Waals surface area contributed by atoms with E-state index in [1.165, 1.54) is 0 Å². The molecule has 0 bridgehead atoms. The zero-order valence-corrected chi connectivity index (χ0v) is 12.4. The number of hydrogen-bond donors (Lipinski definition) is 0. The minimum absolute atomic E-state index is 0.322. The van der Waals surface area contributed by atoms with E-state index in [0.29, 0.717) is 25.6 Å². The van der Waals surface area contributed by atoms with E-state index < -0.39 is 5.60 Å². The zero-order chi connectivity index (χ0) is 15.0. The lowest BCUT2D eigenvalue weighted by atomic mass is 10.2. The molecule has 0 atom stereocenters. The largest absolute Gasteiger partial charge is 0.444 e. The smallest absolute Gasteiger partial charge is 0.410 e. The van der Waals surface area contributed by atoms with Crippen LogP contribution in [0.2, 0.25) is 0 Å². The fraction of sp³-hybridized carbons (Fsp3) is 0.538. The molecule has 2 aromatic heterocycles. The number of fused-ring (bicyclic) bond motifs is 1. The maximum Gasteiger partial charge on any atom is 0.410 e. The Morgan fingerprint density at radius 1 is 1.29 bits per heavy atom. The van der Waals surface area contributed by atoms with Crippen molar-refractivity contribution >= 4 is 6.09 Å². The molecule has 0 aromatic carbocycles. The van der Waals surface area contributed by atoms with Gasteiger partial charge in [-0.25, -0.2) is 9.48 Å². The molecule has 8 nitrogen and oxygen atoms in total. The molecule has 0 N–H and O–H groups in total. The summed E-state index contributed by atoms with van der Waals surface area (Å²) in [6.45, 7) is 7.14. The summed E-state index contributed by atoms with van der Waals surface area (Å²) in [6.07, 6.45) is 3.19. The molecular formula is C13H18N6O2. The summed E-state index contributed by atoms with van der Waals surface area (Å²) in [5.41, 5.74) is -0.498. The second-order valence-corrected chi connectivity index (χ2v) is 5.92. The van der Waals surface area contributed by atoms with Crippen molar-refractivity contribution in [3.63, 3.8) is 0 Å². The number of carbonyl (C=O) groups is 1. The average molecular weight is 290 g/mol. The SMILES string of the molecule is CC(C)(C)OC(=O)N1CCn2c(nnc2-n2cccn2)C1. The van der Waals surface area contributed by atoms with Gasteiger partial charge >= 0.3 is 6.09 Å². The van der Waals surface area contributed by atoms with E-state index in [1.54, 1.807) is 15.8 Å². The summed E-state index contributed by atoms with van der Waals surface area (Å²) in [5.74, 6) is 1.40. The van der Waals surface area contributed by atoms with E-state index in [2.05, 4.69) is 15.3 Å². The molecule has 0 saturated carbocycles. The lowest BCUT2D eigenvalue weighted by molar-refractivity contribution is 0.0195. The predicted molar refractivity (Wildman–Crippen MR) is 73.8 cm³/mol. The summed E-state index contributed by atoms with van der Waals surface area (Å²) in [7, 11) is 0. The topological polar surface area (TPSA) is 78.1 Å². The molecule has 112 valence electrons. The summed E-state index contributed by atoms with van der Waals surface area (Å²) < 4.78 is 9.02. The van der Waals surface area contributed by atoms with Crippen molar-refractivity contribution in [1.82, 2.24) is 29.4 Å². The van der Waals surface area contributed by atoms with Crippen LogP contribution < -0.4 is 0 Å². The van der Waals surface area contributed by atoms with Gasteiger partial charge < -0.3 is 4.74 Å². The molecule has 1 aliphatic rings. The van der Waals surface area contributed by atoms with Gasteiger partial charge in [0.25, 0.3) is 5.95 Å². The monoisotopic (exact) mass is 290 g/mol. The number of ether oxygens (including phenoxy) is 1. The van der Waals surface area contributed by atoms with Crippen molar-refractivity contribution in [1.29, 1.82) is 0 Å². The Bertz CT molecular complexity index is 640. The van der Waals surface area contributed by atoms with Crippen LogP contribution >= 0.6 is 0 Å². The highest BCUT2D eigenvalue weighted by Gasteiger charge is 2.28. The number of aromatic nitrogens is 5. The van der Waals surface area contributed by atoms with Gasteiger partial charge in [-0.1, -0.05) is 0 Å². The Morgan fingerprint density at radius 2 is 2.10 bits per heavy atom. The van der Waals surface area contributed by atoms with E-state index in [0.717, 1.165) is 5.82 Å². The quantitative estimate of drug-likeness (QED) is 0.789. The molecule has 1 aliphatic heterocycles. The molecule has 0 spiro atoms. The lowest BCUT2D eigenvalue weighted by Gasteiger charge is -2.30. The Hall–Kier alpha value is -2.38. The highest BCUT2D eigenvalue weighted by Crippen LogP contribution is 2.17. The molecule has 1 amide bonds. The van der Waals surface area contributed by atoms with Crippen molar-refractivity contribution in [2.24, 2.45) is 0 Å². The second-order valence-electron chi connectivity index (χ2n) is 5.92. The van der Waals surface area contributed by atoms with Crippen LogP contribution in [-0.2, 0) is 17.8 Å². The van der Waals surface area contributed by atoms with E-state index in [9.17, 15) is 4.79 Å². The molecule has 8 heteroatoms. The lowest BCUT2D eigenvalue weighted by Crippen LogP contribution is -2.41. The standard InChI is InChI=1S/C13H18N6O2/c1-13(2,3)21-12(20)17-7-8-18-10(9-17)15-16-11(18)19-6-4-5-14-19/h4-6H,7-9H2,1-3H3. The highest BCUT2D eigenvalue weighted by atomic mass is 16.6. The summed E-state index contributed by atoms with van der Waals surface area (Å²) in [5, 5.41) is 12.4. The molecule has 0 aliphatic carbocycles. The Kier molecular flexibility index (Phi) is 3.15.